The molecule has 0 aromatic heterocycles. The standard InChI is InChI=1S/C15H18N2O/c1-12-11-13(16)7-8-15(12)17-9-10-18-14-5-3-2-4-6-14/h2-8,11,17H,9-10,16H2,1H3. The Labute approximate surface area is 108 Å². The van der Waals surface area contributed by atoms with Crippen LogP contribution in [0.3, 0.4) is 0 Å². The second-order valence-corrected chi connectivity index (χ2v) is 4.16. The van der Waals surface area contributed by atoms with Gasteiger partial charge in [-0.1, -0.05) is 18.2 Å². The molecule has 0 unspecified atom stereocenters. The van der Waals surface area contributed by atoms with E-state index in [0.29, 0.717) is 6.61 Å². The molecule has 0 heterocycles. The number of anilines is 2. The molecule has 0 spiro atoms. The van der Waals surface area contributed by atoms with Gasteiger partial charge >= 0.3 is 0 Å². The molecule has 0 fully saturated rings. The van der Waals surface area contributed by atoms with E-state index in [2.05, 4.69) is 5.32 Å². The van der Waals surface area contributed by atoms with Crippen molar-refractivity contribution in [3.8, 4) is 5.75 Å². The summed E-state index contributed by atoms with van der Waals surface area (Å²) in [5.41, 5.74) is 8.74. The topological polar surface area (TPSA) is 47.3 Å². The van der Waals surface area contributed by atoms with Crippen molar-refractivity contribution in [2.45, 2.75) is 6.92 Å². The first-order valence-electron chi connectivity index (χ1n) is 6.03. The Morgan fingerprint density at radius 1 is 1.11 bits per heavy atom. The molecule has 0 aliphatic rings. The fraction of sp³-hybridized carbons (Fsp3) is 0.200. The lowest BCUT2D eigenvalue weighted by molar-refractivity contribution is 0.333. The van der Waals surface area contributed by atoms with Crippen molar-refractivity contribution >= 4 is 11.4 Å². The monoisotopic (exact) mass is 242 g/mol. The Balaban J connectivity index is 1.79. The fourth-order valence-corrected chi connectivity index (χ4v) is 1.76. The first-order valence-corrected chi connectivity index (χ1v) is 6.03. The van der Waals surface area contributed by atoms with Gasteiger partial charge in [-0.3, -0.25) is 0 Å². The number of hydrogen-bond donors (Lipinski definition) is 2. The zero-order valence-corrected chi connectivity index (χ0v) is 10.5. The van der Waals surface area contributed by atoms with Crippen LogP contribution in [0.2, 0.25) is 0 Å². The number of hydrogen-bond acceptors (Lipinski definition) is 3. The van der Waals surface area contributed by atoms with Crippen molar-refractivity contribution in [2.24, 2.45) is 0 Å². The van der Waals surface area contributed by atoms with Gasteiger partial charge in [0, 0.05) is 17.9 Å². The van der Waals surface area contributed by atoms with Crippen molar-refractivity contribution in [1.82, 2.24) is 0 Å². The molecule has 0 amide bonds. The Morgan fingerprint density at radius 3 is 2.61 bits per heavy atom. The third kappa shape index (κ3) is 3.42. The Hall–Kier alpha value is -2.16. The van der Waals surface area contributed by atoms with Gasteiger partial charge in [0.25, 0.3) is 0 Å². The molecule has 3 nitrogen and oxygen atoms in total. The van der Waals surface area contributed by atoms with Gasteiger partial charge in [0.2, 0.25) is 0 Å². The highest BCUT2D eigenvalue weighted by Gasteiger charge is 1.98. The molecule has 0 aliphatic carbocycles. The van der Waals surface area contributed by atoms with Crippen molar-refractivity contribution in [1.29, 1.82) is 0 Å². The summed E-state index contributed by atoms with van der Waals surface area (Å²) in [6.07, 6.45) is 0. The first kappa shape index (κ1) is 12.3. The second kappa shape index (κ2) is 5.96. The van der Waals surface area contributed by atoms with Crippen molar-refractivity contribution in [3.63, 3.8) is 0 Å². The minimum Gasteiger partial charge on any atom is -0.492 e. The van der Waals surface area contributed by atoms with Gasteiger partial charge in [0.1, 0.15) is 12.4 Å². The number of nitrogen functional groups attached to an aromatic ring is 1. The van der Waals surface area contributed by atoms with Crippen LogP contribution >= 0.6 is 0 Å². The molecule has 2 aromatic rings. The number of benzene rings is 2. The van der Waals surface area contributed by atoms with Gasteiger partial charge < -0.3 is 15.8 Å². The predicted octanol–water partition coefficient (Wildman–Crippen LogP) is 3.07. The summed E-state index contributed by atoms with van der Waals surface area (Å²) in [5.74, 6) is 0.897. The number of aryl methyl sites for hydroxylation is 1. The van der Waals surface area contributed by atoms with Crippen molar-refractivity contribution in [3.05, 3.63) is 54.1 Å². The van der Waals surface area contributed by atoms with E-state index >= 15 is 0 Å². The SMILES string of the molecule is Cc1cc(N)ccc1NCCOc1ccccc1. The summed E-state index contributed by atoms with van der Waals surface area (Å²) in [5, 5.41) is 3.33. The molecule has 2 aromatic carbocycles. The summed E-state index contributed by atoms with van der Waals surface area (Å²) in [4.78, 5) is 0. The molecule has 3 heteroatoms. The van der Waals surface area contributed by atoms with Gasteiger partial charge in [-0.05, 0) is 42.8 Å². The van der Waals surface area contributed by atoms with Crippen molar-refractivity contribution in [2.75, 3.05) is 24.2 Å². The van der Waals surface area contributed by atoms with Crippen LogP contribution in [0.15, 0.2) is 48.5 Å². The first-order chi connectivity index (χ1) is 8.75. The minimum atomic E-state index is 0.633. The Morgan fingerprint density at radius 2 is 1.89 bits per heavy atom. The molecule has 94 valence electrons. The van der Waals surface area contributed by atoms with E-state index in [1.54, 1.807) is 0 Å². The highest BCUT2D eigenvalue weighted by molar-refractivity contribution is 5.57. The highest BCUT2D eigenvalue weighted by Crippen LogP contribution is 2.17. The molecule has 3 N–H and O–H groups in total. The normalized spacial score (nSPS) is 10.1. The van der Waals surface area contributed by atoms with E-state index in [1.807, 2.05) is 55.5 Å². The van der Waals surface area contributed by atoms with E-state index in [1.165, 1.54) is 0 Å². The maximum absolute atomic E-state index is 5.71. The summed E-state index contributed by atoms with van der Waals surface area (Å²) >= 11 is 0. The Kier molecular flexibility index (Phi) is 4.07. The van der Waals surface area contributed by atoms with Crippen LogP contribution in [0.25, 0.3) is 0 Å². The predicted molar refractivity (Wildman–Crippen MR) is 76.0 cm³/mol. The van der Waals surface area contributed by atoms with Crippen LogP contribution in [0.4, 0.5) is 11.4 Å². The fourth-order valence-electron chi connectivity index (χ4n) is 1.76. The lowest BCUT2D eigenvalue weighted by atomic mass is 10.2. The summed E-state index contributed by atoms with van der Waals surface area (Å²) in [7, 11) is 0. The maximum atomic E-state index is 5.71. The van der Waals surface area contributed by atoms with Crippen LogP contribution in [-0.4, -0.2) is 13.2 Å². The van der Waals surface area contributed by atoms with Crippen LogP contribution in [0.5, 0.6) is 5.75 Å². The molecular formula is C15H18N2O. The smallest absolute Gasteiger partial charge is 0.119 e. The largest absolute Gasteiger partial charge is 0.492 e. The summed E-state index contributed by atoms with van der Waals surface area (Å²) in [6.45, 7) is 3.43. The quantitative estimate of drug-likeness (QED) is 0.625. The third-order valence-electron chi connectivity index (χ3n) is 2.68. The van der Waals surface area contributed by atoms with E-state index in [-0.39, 0.29) is 0 Å². The molecule has 0 saturated carbocycles. The average Bonchev–Trinajstić information content (AvgIpc) is 2.38. The van der Waals surface area contributed by atoms with Gasteiger partial charge in [0.15, 0.2) is 0 Å². The summed E-state index contributed by atoms with van der Waals surface area (Å²) in [6, 6.07) is 15.7. The minimum absolute atomic E-state index is 0.633. The van der Waals surface area contributed by atoms with E-state index < -0.39 is 0 Å². The van der Waals surface area contributed by atoms with Gasteiger partial charge in [-0.2, -0.15) is 0 Å². The average molecular weight is 242 g/mol. The molecule has 0 aliphatic heterocycles. The number of nitrogens with two attached hydrogens (primary N) is 1. The van der Waals surface area contributed by atoms with Gasteiger partial charge in [-0.15, -0.1) is 0 Å². The number of para-hydroxylation sites is 1. The lowest BCUT2D eigenvalue weighted by Gasteiger charge is -2.11. The molecular weight excluding hydrogens is 224 g/mol. The number of nitrogens with one attached hydrogen (secondary N) is 1. The van der Waals surface area contributed by atoms with E-state index in [9.17, 15) is 0 Å². The lowest BCUT2D eigenvalue weighted by Crippen LogP contribution is -2.12. The van der Waals surface area contributed by atoms with Gasteiger partial charge in [0.05, 0.1) is 0 Å². The van der Waals surface area contributed by atoms with Crippen LogP contribution in [0, 0.1) is 6.92 Å². The molecule has 2 rings (SSSR count). The summed E-state index contributed by atoms with van der Waals surface area (Å²) < 4.78 is 5.60. The van der Waals surface area contributed by atoms with E-state index in [0.717, 1.165) is 29.2 Å². The second-order valence-electron chi connectivity index (χ2n) is 4.16. The molecule has 18 heavy (non-hydrogen) atoms. The van der Waals surface area contributed by atoms with Crippen LogP contribution in [0.1, 0.15) is 5.56 Å². The van der Waals surface area contributed by atoms with Gasteiger partial charge in [-0.25, -0.2) is 0 Å². The van der Waals surface area contributed by atoms with E-state index in [4.69, 9.17) is 10.5 Å². The van der Waals surface area contributed by atoms with Crippen LogP contribution in [-0.2, 0) is 0 Å². The maximum Gasteiger partial charge on any atom is 0.119 e. The zero-order chi connectivity index (χ0) is 12.8. The Bertz CT molecular complexity index is 497. The zero-order valence-electron chi connectivity index (χ0n) is 10.5. The molecule has 0 atom stereocenters. The number of rotatable bonds is 5. The number of ether oxygens (including phenoxy) is 1. The van der Waals surface area contributed by atoms with Crippen molar-refractivity contribution < 1.29 is 4.74 Å². The molecule has 0 bridgehead atoms. The molecule has 0 radical (unpaired) electrons. The molecule has 0 saturated heterocycles. The third-order valence-corrected chi connectivity index (χ3v) is 2.68. The van der Waals surface area contributed by atoms with Crippen LogP contribution < -0.4 is 15.8 Å². The highest BCUT2D eigenvalue weighted by atomic mass is 16.5.